The molecule has 4 heteroatoms. The highest BCUT2D eigenvalue weighted by atomic mass is 127. The lowest BCUT2D eigenvalue weighted by atomic mass is 9.43. The van der Waals surface area contributed by atoms with Gasteiger partial charge in [0.25, 0.3) is 0 Å². The minimum atomic E-state index is 0.275. The lowest BCUT2D eigenvalue weighted by Gasteiger charge is -2.65. The fourth-order valence-corrected chi connectivity index (χ4v) is 6.68. The number of halogens is 1. The van der Waals surface area contributed by atoms with Crippen LogP contribution in [0.3, 0.4) is 0 Å². The van der Waals surface area contributed by atoms with E-state index in [1.54, 1.807) is 6.33 Å². The zero-order valence-corrected chi connectivity index (χ0v) is 14.4. The van der Waals surface area contributed by atoms with Crippen molar-refractivity contribution in [3.05, 3.63) is 16.1 Å². The Hall–Kier alpha value is -0.390. The summed E-state index contributed by atoms with van der Waals surface area (Å²) < 4.78 is 1.14. The average molecular weight is 383 g/mol. The minimum absolute atomic E-state index is 0.275. The van der Waals surface area contributed by atoms with Gasteiger partial charge in [-0.3, -0.25) is 0 Å². The van der Waals surface area contributed by atoms with E-state index >= 15 is 0 Å². The second-order valence-electron chi connectivity index (χ2n) is 8.25. The van der Waals surface area contributed by atoms with Crippen molar-refractivity contribution >= 4 is 28.4 Å². The monoisotopic (exact) mass is 383 g/mol. The Balaban J connectivity index is 1.69. The molecule has 4 bridgehead atoms. The van der Waals surface area contributed by atoms with Crippen LogP contribution < -0.4 is 5.32 Å². The Morgan fingerprint density at radius 2 is 1.85 bits per heavy atom. The predicted molar refractivity (Wildman–Crippen MR) is 88.5 cm³/mol. The van der Waals surface area contributed by atoms with E-state index in [0.29, 0.717) is 10.8 Å². The number of hydrogen-bond donors (Lipinski definition) is 1. The van der Waals surface area contributed by atoms with E-state index < -0.39 is 0 Å². The Kier molecular flexibility index (Phi) is 2.71. The molecule has 4 fully saturated rings. The van der Waals surface area contributed by atoms with Crippen LogP contribution in [0.1, 0.15) is 52.4 Å². The fourth-order valence-electron chi connectivity index (χ4n) is 6.24. The number of nitrogens with zero attached hydrogens (tertiary/aromatic N) is 2. The van der Waals surface area contributed by atoms with Gasteiger partial charge in [0.05, 0.1) is 3.57 Å². The molecule has 4 aliphatic carbocycles. The van der Waals surface area contributed by atoms with E-state index in [-0.39, 0.29) is 5.54 Å². The highest BCUT2D eigenvalue weighted by Gasteiger charge is 2.60. The summed E-state index contributed by atoms with van der Waals surface area (Å²) in [5.41, 5.74) is 1.36. The lowest BCUT2D eigenvalue weighted by molar-refractivity contribution is -0.0974. The van der Waals surface area contributed by atoms with Crippen LogP contribution >= 0.6 is 22.6 Å². The van der Waals surface area contributed by atoms with Crippen LogP contribution in [0.5, 0.6) is 0 Å². The van der Waals surface area contributed by atoms with Gasteiger partial charge in [-0.1, -0.05) is 13.8 Å². The maximum atomic E-state index is 4.47. The first-order chi connectivity index (χ1) is 9.40. The molecule has 2 unspecified atom stereocenters. The quantitative estimate of drug-likeness (QED) is 0.777. The van der Waals surface area contributed by atoms with Gasteiger partial charge in [0, 0.05) is 11.7 Å². The molecule has 4 saturated carbocycles. The number of aromatic nitrogens is 2. The molecule has 2 atom stereocenters. The largest absolute Gasteiger partial charge is 0.364 e. The van der Waals surface area contributed by atoms with Gasteiger partial charge in [-0.25, -0.2) is 9.97 Å². The van der Waals surface area contributed by atoms with Crippen LogP contribution in [0.25, 0.3) is 0 Å². The molecular weight excluding hydrogens is 361 g/mol. The van der Waals surface area contributed by atoms with Gasteiger partial charge in [-0.15, -0.1) is 0 Å². The lowest BCUT2D eigenvalue weighted by Crippen LogP contribution is -2.61. The third-order valence-corrected chi connectivity index (χ3v) is 6.47. The van der Waals surface area contributed by atoms with E-state index in [1.807, 2.05) is 6.20 Å². The van der Waals surface area contributed by atoms with Crippen molar-refractivity contribution in [2.24, 2.45) is 16.7 Å². The Morgan fingerprint density at radius 1 is 1.15 bits per heavy atom. The Labute approximate surface area is 134 Å². The molecule has 1 heterocycles. The third-order valence-electron chi connectivity index (χ3n) is 5.68. The molecule has 1 aromatic rings. The van der Waals surface area contributed by atoms with Crippen molar-refractivity contribution in [1.29, 1.82) is 0 Å². The van der Waals surface area contributed by atoms with Crippen LogP contribution in [0.15, 0.2) is 12.5 Å². The molecular formula is C16H22IN3. The second kappa shape index (κ2) is 4.08. The van der Waals surface area contributed by atoms with Crippen LogP contribution in [0.4, 0.5) is 5.82 Å². The predicted octanol–water partition coefficient (Wildman–Crippen LogP) is 4.24. The summed E-state index contributed by atoms with van der Waals surface area (Å²) in [5, 5.41) is 3.85. The van der Waals surface area contributed by atoms with Gasteiger partial charge in [0.2, 0.25) is 0 Å². The first kappa shape index (κ1) is 13.3. The molecule has 0 amide bonds. The maximum absolute atomic E-state index is 4.47. The van der Waals surface area contributed by atoms with Crippen molar-refractivity contribution in [3.8, 4) is 0 Å². The van der Waals surface area contributed by atoms with Gasteiger partial charge in [0.15, 0.2) is 0 Å². The van der Waals surface area contributed by atoms with Gasteiger partial charge in [0.1, 0.15) is 12.1 Å². The normalized spacial score (nSPS) is 45.6. The van der Waals surface area contributed by atoms with Crippen molar-refractivity contribution in [1.82, 2.24) is 9.97 Å². The fraction of sp³-hybridized carbons (Fsp3) is 0.750. The summed E-state index contributed by atoms with van der Waals surface area (Å²) in [6, 6.07) is 0. The number of anilines is 1. The summed E-state index contributed by atoms with van der Waals surface area (Å²) in [7, 11) is 0. The minimum Gasteiger partial charge on any atom is -0.364 e. The Morgan fingerprint density at radius 3 is 2.45 bits per heavy atom. The van der Waals surface area contributed by atoms with E-state index in [0.717, 1.165) is 15.3 Å². The Bertz CT molecular complexity index is 540. The average Bonchev–Trinajstić information content (AvgIpc) is 2.27. The number of nitrogens with one attached hydrogen (secondary N) is 1. The number of hydrogen-bond acceptors (Lipinski definition) is 3. The zero-order chi connectivity index (χ0) is 14.0. The third kappa shape index (κ3) is 2.06. The number of rotatable bonds is 2. The molecule has 0 aromatic carbocycles. The standard InChI is InChI=1S/C16H22IN3/c1-14-3-11-4-15(2,7-14)9-16(5-11,8-14)20-13-12(17)6-18-10-19-13/h6,10-11H,3-5,7-9H2,1-2H3,(H,18,19,20). The molecule has 3 nitrogen and oxygen atoms in total. The second-order valence-corrected chi connectivity index (χ2v) is 9.42. The van der Waals surface area contributed by atoms with Crippen molar-refractivity contribution in [2.45, 2.75) is 57.9 Å². The molecule has 1 N–H and O–H groups in total. The smallest absolute Gasteiger partial charge is 0.143 e. The van der Waals surface area contributed by atoms with E-state index in [4.69, 9.17) is 0 Å². The van der Waals surface area contributed by atoms with Gasteiger partial charge in [-0.2, -0.15) is 0 Å². The van der Waals surface area contributed by atoms with E-state index in [9.17, 15) is 0 Å². The molecule has 20 heavy (non-hydrogen) atoms. The summed E-state index contributed by atoms with van der Waals surface area (Å²) in [4.78, 5) is 8.58. The van der Waals surface area contributed by atoms with E-state index in [1.165, 1.54) is 38.5 Å². The summed E-state index contributed by atoms with van der Waals surface area (Å²) >= 11 is 2.34. The summed E-state index contributed by atoms with van der Waals surface area (Å²) in [6.07, 6.45) is 11.8. The maximum Gasteiger partial charge on any atom is 0.143 e. The van der Waals surface area contributed by atoms with Crippen LogP contribution in [-0.4, -0.2) is 15.5 Å². The molecule has 108 valence electrons. The highest BCUT2D eigenvalue weighted by Crippen LogP contribution is 2.66. The molecule has 0 radical (unpaired) electrons. The van der Waals surface area contributed by atoms with Crippen LogP contribution in [0, 0.1) is 20.3 Å². The first-order valence-electron chi connectivity index (χ1n) is 7.63. The zero-order valence-electron chi connectivity index (χ0n) is 12.2. The first-order valence-corrected chi connectivity index (χ1v) is 8.71. The van der Waals surface area contributed by atoms with Crippen molar-refractivity contribution in [3.63, 3.8) is 0 Å². The molecule has 1 aromatic heterocycles. The topological polar surface area (TPSA) is 37.8 Å². The molecule has 0 aliphatic heterocycles. The van der Waals surface area contributed by atoms with Crippen molar-refractivity contribution < 1.29 is 0 Å². The SMILES string of the molecule is CC12CC3CC(C)(C1)CC(Nc1ncncc1I)(C3)C2. The molecule has 5 rings (SSSR count). The molecule has 0 saturated heterocycles. The van der Waals surface area contributed by atoms with Gasteiger partial charge in [-0.05, 0) is 77.9 Å². The molecule has 0 spiro atoms. The highest BCUT2D eigenvalue weighted by molar-refractivity contribution is 14.1. The van der Waals surface area contributed by atoms with Gasteiger partial charge >= 0.3 is 0 Å². The molecule has 4 aliphatic rings. The summed E-state index contributed by atoms with van der Waals surface area (Å²) in [6.45, 7) is 5.02. The van der Waals surface area contributed by atoms with Crippen LogP contribution in [0.2, 0.25) is 0 Å². The van der Waals surface area contributed by atoms with Crippen molar-refractivity contribution in [2.75, 3.05) is 5.32 Å². The van der Waals surface area contributed by atoms with E-state index in [2.05, 4.69) is 51.7 Å². The summed E-state index contributed by atoms with van der Waals surface area (Å²) in [5.74, 6) is 1.95. The van der Waals surface area contributed by atoms with Crippen LogP contribution in [-0.2, 0) is 0 Å². The van der Waals surface area contributed by atoms with Gasteiger partial charge < -0.3 is 5.32 Å².